The van der Waals surface area contributed by atoms with Gasteiger partial charge in [-0.15, -0.1) is 0 Å². The number of halogens is 2. The Kier molecular flexibility index (Phi) is 5.69. The molecular formula is C21H21ClFN5. The van der Waals surface area contributed by atoms with E-state index in [2.05, 4.69) is 49.4 Å². The molecule has 0 aliphatic carbocycles. The van der Waals surface area contributed by atoms with E-state index in [4.69, 9.17) is 11.6 Å². The van der Waals surface area contributed by atoms with Crippen molar-refractivity contribution >= 4 is 28.9 Å². The van der Waals surface area contributed by atoms with Crippen LogP contribution in [0.1, 0.15) is 5.56 Å². The molecule has 1 fully saturated rings. The van der Waals surface area contributed by atoms with Gasteiger partial charge >= 0.3 is 0 Å². The summed E-state index contributed by atoms with van der Waals surface area (Å²) in [6, 6.07) is 16.9. The Balaban J connectivity index is 1.37. The zero-order chi connectivity index (χ0) is 19.3. The van der Waals surface area contributed by atoms with Crippen LogP contribution in [0.3, 0.4) is 0 Å². The molecule has 0 saturated carbocycles. The fourth-order valence-corrected chi connectivity index (χ4v) is 3.47. The Morgan fingerprint density at radius 2 is 1.75 bits per heavy atom. The summed E-state index contributed by atoms with van der Waals surface area (Å²) >= 11 is 5.84. The lowest BCUT2D eigenvalue weighted by Crippen LogP contribution is -2.46. The van der Waals surface area contributed by atoms with Crippen LogP contribution in [0.5, 0.6) is 0 Å². The van der Waals surface area contributed by atoms with Gasteiger partial charge in [0.05, 0.1) is 5.02 Å². The number of rotatable bonds is 5. The van der Waals surface area contributed by atoms with Crippen LogP contribution >= 0.6 is 11.6 Å². The lowest BCUT2D eigenvalue weighted by Gasteiger charge is -2.35. The van der Waals surface area contributed by atoms with Gasteiger partial charge < -0.3 is 10.2 Å². The molecule has 2 heterocycles. The van der Waals surface area contributed by atoms with Crippen molar-refractivity contribution < 1.29 is 4.39 Å². The molecule has 0 atom stereocenters. The molecule has 7 heteroatoms. The maximum Gasteiger partial charge on any atom is 0.141 e. The van der Waals surface area contributed by atoms with Gasteiger partial charge in [0.2, 0.25) is 0 Å². The van der Waals surface area contributed by atoms with Gasteiger partial charge in [-0.05, 0) is 23.8 Å². The molecule has 0 amide bonds. The van der Waals surface area contributed by atoms with E-state index in [9.17, 15) is 4.39 Å². The van der Waals surface area contributed by atoms with Crippen LogP contribution in [0, 0.1) is 5.82 Å². The van der Waals surface area contributed by atoms with Crippen molar-refractivity contribution in [1.82, 2.24) is 14.9 Å². The highest BCUT2D eigenvalue weighted by atomic mass is 35.5. The SMILES string of the molecule is Fc1ccc(Nc2cc(N3CCN(Cc4ccccc4)CC3)ncn2)cc1Cl. The van der Waals surface area contributed by atoms with Crippen LogP contribution in [0.4, 0.5) is 21.7 Å². The zero-order valence-electron chi connectivity index (χ0n) is 15.4. The second-order valence-corrected chi connectivity index (χ2v) is 7.17. The minimum absolute atomic E-state index is 0.0776. The lowest BCUT2D eigenvalue weighted by atomic mass is 10.2. The van der Waals surface area contributed by atoms with Crippen molar-refractivity contribution in [2.45, 2.75) is 6.54 Å². The minimum Gasteiger partial charge on any atom is -0.354 e. The number of piperazine rings is 1. The van der Waals surface area contributed by atoms with Gasteiger partial charge in [-0.1, -0.05) is 41.9 Å². The monoisotopic (exact) mass is 397 g/mol. The third-order valence-electron chi connectivity index (χ3n) is 4.79. The number of nitrogens with zero attached hydrogens (tertiary/aromatic N) is 4. The Bertz CT molecular complexity index is 929. The molecular weight excluding hydrogens is 377 g/mol. The molecule has 0 spiro atoms. The fourth-order valence-electron chi connectivity index (χ4n) is 3.29. The highest BCUT2D eigenvalue weighted by Gasteiger charge is 2.18. The van der Waals surface area contributed by atoms with Crippen LogP contribution in [0.25, 0.3) is 0 Å². The van der Waals surface area contributed by atoms with Gasteiger partial charge in [-0.3, -0.25) is 4.90 Å². The summed E-state index contributed by atoms with van der Waals surface area (Å²) in [5.74, 6) is 1.09. The topological polar surface area (TPSA) is 44.3 Å². The second kappa shape index (κ2) is 8.54. The van der Waals surface area contributed by atoms with E-state index in [-0.39, 0.29) is 5.02 Å². The molecule has 1 saturated heterocycles. The Morgan fingerprint density at radius 1 is 0.964 bits per heavy atom. The number of hydrogen-bond acceptors (Lipinski definition) is 5. The first-order chi connectivity index (χ1) is 13.7. The van der Waals surface area contributed by atoms with Gasteiger partial charge in [0.1, 0.15) is 23.8 Å². The second-order valence-electron chi connectivity index (χ2n) is 6.76. The zero-order valence-corrected chi connectivity index (χ0v) is 16.1. The summed E-state index contributed by atoms with van der Waals surface area (Å²) in [4.78, 5) is 13.4. The van der Waals surface area contributed by atoms with Crippen LogP contribution in [0.2, 0.25) is 5.02 Å². The lowest BCUT2D eigenvalue weighted by molar-refractivity contribution is 0.249. The van der Waals surface area contributed by atoms with Crippen molar-refractivity contribution in [1.29, 1.82) is 0 Å². The molecule has 3 aromatic rings. The van der Waals surface area contributed by atoms with E-state index in [1.54, 1.807) is 18.5 Å². The van der Waals surface area contributed by atoms with Crippen LogP contribution < -0.4 is 10.2 Å². The normalized spacial score (nSPS) is 14.9. The molecule has 0 radical (unpaired) electrons. The van der Waals surface area contributed by atoms with Gasteiger partial charge in [0.25, 0.3) is 0 Å². The van der Waals surface area contributed by atoms with Crippen LogP contribution in [0.15, 0.2) is 60.9 Å². The molecule has 0 unspecified atom stereocenters. The highest BCUT2D eigenvalue weighted by molar-refractivity contribution is 6.31. The summed E-state index contributed by atoms with van der Waals surface area (Å²) in [7, 11) is 0. The molecule has 28 heavy (non-hydrogen) atoms. The maximum absolute atomic E-state index is 13.3. The molecule has 4 rings (SSSR count). The van der Waals surface area contributed by atoms with Crippen LogP contribution in [-0.2, 0) is 6.54 Å². The van der Waals surface area contributed by atoms with Gasteiger partial charge in [-0.2, -0.15) is 0 Å². The van der Waals surface area contributed by atoms with Gasteiger partial charge in [-0.25, -0.2) is 14.4 Å². The Morgan fingerprint density at radius 3 is 2.50 bits per heavy atom. The molecule has 1 N–H and O–H groups in total. The molecule has 0 bridgehead atoms. The Labute approximate surface area is 168 Å². The first kappa shape index (κ1) is 18.7. The molecule has 144 valence electrons. The minimum atomic E-state index is -0.441. The third-order valence-corrected chi connectivity index (χ3v) is 5.08. The van der Waals surface area contributed by atoms with E-state index in [1.165, 1.54) is 11.6 Å². The van der Waals surface area contributed by atoms with E-state index < -0.39 is 5.82 Å². The Hall–Kier alpha value is -2.70. The molecule has 1 aromatic heterocycles. The average Bonchev–Trinajstić information content (AvgIpc) is 2.72. The van der Waals surface area contributed by atoms with Gasteiger partial charge in [0, 0.05) is 44.5 Å². The van der Waals surface area contributed by atoms with Crippen molar-refractivity contribution in [3.63, 3.8) is 0 Å². The maximum atomic E-state index is 13.3. The predicted octanol–water partition coefficient (Wildman–Crippen LogP) is 4.33. The third kappa shape index (κ3) is 4.58. The molecule has 5 nitrogen and oxygen atoms in total. The summed E-state index contributed by atoms with van der Waals surface area (Å²) in [6.45, 7) is 4.75. The fraction of sp³-hybridized carbons (Fsp3) is 0.238. The van der Waals surface area contributed by atoms with Crippen LogP contribution in [-0.4, -0.2) is 41.0 Å². The van der Waals surface area contributed by atoms with E-state index in [0.717, 1.165) is 38.5 Å². The van der Waals surface area contributed by atoms with Crippen molar-refractivity contribution in [3.05, 3.63) is 77.3 Å². The standard InChI is InChI=1S/C21H21ClFN5/c22-18-12-17(6-7-19(18)23)26-20-13-21(25-15-24-20)28-10-8-27(9-11-28)14-16-4-2-1-3-5-16/h1-7,12-13,15H,8-11,14H2,(H,24,25,26). The van der Waals surface area contributed by atoms with E-state index in [0.29, 0.717) is 11.5 Å². The van der Waals surface area contributed by atoms with E-state index in [1.807, 2.05) is 12.1 Å². The first-order valence-electron chi connectivity index (χ1n) is 9.23. The summed E-state index contributed by atoms with van der Waals surface area (Å²) in [6.07, 6.45) is 1.54. The van der Waals surface area contributed by atoms with Crippen molar-refractivity contribution in [2.75, 3.05) is 36.4 Å². The highest BCUT2D eigenvalue weighted by Crippen LogP contribution is 2.23. The van der Waals surface area contributed by atoms with Crippen molar-refractivity contribution in [3.8, 4) is 0 Å². The predicted molar refractivity (Wildman–Crippen MR) is 111 cm³/mol. The van der Waals surface area contributed by atoms with E-state index >= 15 is 0 Å². The number of aromatic nitrogens is 2. The summed E-state index contributed by atoms with van der Waals surface area (Å²) in [5.41, 5.74) is 2.02. The number of anilines is 3. The van der Waals surface area contributed by atoms with Gasteiger partial charge in [0.15, 0.2) is 0 Å². The average molecular weight is 398 g/mol. The van der Waals surface area contributed by atoms with Crippen molar-refractivity contribution in [2.24, 2.45) is 0 Å². The number of nitrogens with one attached hydrogen (secondary N) is 1. The molecule has 1 aliphatic rings. The smallest absolute Gasteiger partial charge is 0.141 e. The summed E-state index contributed by atoms with van der Waals surface area (Å²) < 4.78 is 13.3. The first-order valence-corrected chi connectivity index (χ1v) is 9.60. The number of benzene rings is 2. The largest absolute Gasteiger partial charge is 0.354 e. The molecule has 2 aromatic carbocycles. The molecule has 1 aliphatic heterocycles. The quantitative estimate of drug-likeness (QED) is 0.694. The number of hydrogen-bond donors (Lipinski definition) is 1. The summed E-state index contributed by atoms with van der Waals surface area (Å²) in [5, 5.41) is 3.23.